The summed E-state index contributed by atoms with van der Waals surface area (Å²) in [6, 6.07) is -5.50. The number of aliphatic hydroxyl groups is 1. The van der Waals surface area contributed by atoms with Gasteiger partial charge in [0.1, 0.15) is 18.1 Å². The van der Waals surface area contributed by atoms with Crippen molar-refractivity contribution in [1.29, 1.82) is 0 Å². The second kappa shape index (κ2) is 14.8. The first-order chi connectivity index (χ1) is 15.7. The lowest BCUT2D eigenvalue weighted by atomic mass is 9.98. The van der Waals surface area contributed by atoms with E-state index in [4.69, 9.17) is 16.6 Å². The average molecular weight is 490 g/mol. The van der Waals surface area contributed by atoms with E-state index >= 15 is 0 Å². The Kier molecular flexibility index (Phi) is 13.4. The van der Waals surface area contributed by atoms with Gasteiger partial charge in [0.05, 0.1) is 12.1 Å². The van der Waals surface area contributed by atoms with E-state index in [1.54, 1.807) is 13.8 Å². The summed E-state index contributed by atoms with van der Waals surface area (Å²) < 4.78 is 0. The Bertz CT molecular complexity index is 759. The maximum atomic E-state index is 12.8. The third-order valence-electron chi connectivity index (χ3n) is 5.16. The first kappa shape index (κ1) is 30.7. The highest BCUT2D eigenvalue weighted by Gasteiger charge is 2.34. The van der Waals surface area contributed by atoms with Crippen LogP contribution in [0.5, 0.6) is 0 Å². The molecule has 4 amide bonds. The highest BCUT2D eigenvalue weighted by molar-refractivity contribution is 5.94. The van der Waals surface area contributed by atoms with E-state index in [0.717, 1.165) is 0 Å². The second-order valence-corrected chi connectivity index (χ2v) is 8.04. The zero-order valence-electron chi connectivity index (χ0n) is 19.4. The fraction of sp³-hybridized carbons (Fsp3) is 0.700. The standard InChI is InChI=1S/C20H35N5O9/c1-4-9(2)15(20(33)34)24-19(32)16(10(3)26)25-18(31)12(6-7-13(22)27)23-17(30)11(21)5-8-14(28)29/h9-12,15-16,26H,4-8,21H2,1-3H3,(H2,22,27)(H,23,30)(H,24,32)(H,25,31)(H,28,29)(H,33,34). The zero-order chi connectivity index (χ0) is 26.6. The first-order valence-electron chi connectivity index (χ1n) is 10.8. The topological polar surface area (TPSA) is 251 Å². The third-order valence-corrected chi connectivity index (χ3v) is 5.16. The van der Waals surface area contributed by atoms with Crippen molar-refractivity contribution in [2.45, 2.75) is 83.1 Å². The minimum absolute atomic E-state index is 0.212. The number of rotatable bonds is 16. The quantitative estimate of drug-likeness (QED) is 0.112. The number of aliphatic carboxylic acids is 2. The largest absolute Gasteiger partial charge is 0.481 e. The molecule has 0 heterocycles. The van der Waals surface area contributed by atoms with E-state index in [1.807, 2.05) is 0 Å². The molecule has 14 nitrogen and oxygen atoms in total. The lowest BCUT2D eigenvalue weighted by Crippen LogP contribution is -2.60. The number of carboxylic acids is 2. The lowest BCUT2D eigenvalue weighted by molar-refractivity contribution is -0.144. The fourth-order valence-corrected chi connectivity index (χ4v) is 2.83. The van der Waals surface area contributed by atoms with Gasteiger partial charge in [0.15, 0.2) is 0 Å². The minimum Gasteiger partial charge on any atom is -0.481 e. The van der Waals surface area contributed by atoms with Crippen LogP contribution in [-0.4, -0.2) is 81.2 Å². The minimum atomic E-state index is -1.58. The van der Waals surface area contributed by atoms with Crippen LogP contribution in [-0.2, 0) is 28.8 Å². The molecule has 10 N–H and O–H groups in total. The Morgan fingerprint density at radius 2 is 1.38 bits per heavy atom. The highest BCUT2D eigenvalue weighted by atomic mass is 16.4. The average Bonchev–Trinajstić information content (AvgIpc) is 2.74. The molecule has 0 saturated carbocycles. The van der Waals surface area contributed by atoms with E-state index in [2.05, 4.69) is 16.0 Å². The third kappa shape index (κ3) is 11.0. The van der Waals surface area contributed by atoms with Gasteiger partial charge in [-0.2, -0.15) is 0 Å². The van der Waals surface area contributed by atoms with Crippen LogP contribution < -0.4 is 27.4 Å². The van der Waals surface area contributed by atoms with Crippen molar-refractivity contribution in [3.8, 4) is 0 Å². The molecule has 0 bridgehead atoms. The number of carbonyl (C=O) groups excluding carboxylic acids is 4. The Hall–Kier alpha value is -3.26. The van der Waals surface area contributed by atoms with Crippen LogP contribution in [0.2, 0.25) is 0 Å². The summed E-state index contributed by atoms with van der Waals surface area (Å²) in [5.41, 5.74) is 10.7. The lowest BCUT2D eigenvalue weighted by Gasteiger charge is -2.27. The summed E-state index contributed by atoms with van der Waals surface area (Å²) in [6.07, 6.45) is -2.19. The predicted molar refractivity (Wildman–Crippen MR) is 118 cm³/mol. The van der Waals surface area contributed by atoms with Crippen LogP contribution in [0.4, 0.5) is 0 Å². The van der Waals surface area contributed by atoms with Crippen LogP contribution in [0.25, 0.3) is 0 Å². The smallest absolute Gasteiger partial charge is 0.326 e. The number of carboxylic acid groups (broad SMARTS) is 2. The highest BCUT2D eigenvalue weighted by Crippen LogP contribution is 2.09. The van der Waals surface area contributed by atoms with Gasteiger partial charge in [0, 0.05) is 12.8 Å². The van der Waals surface area contributed by atoms with Gasteiger partial charge in [-0.3, -0.25) is 24.0 Å². The van der Waals surface area contributed by atoms with Gasteiger partial charge in [-0.05, 0) is 25.7 Å². The first-order valence-corrected chi connectivity index (χ1v) is 10.8. The van der Waals surface area contributed by atoms with E-state index in [0.29, 0.717) is 6.42 Å². The van der Waals surface area contributed by atoms with Gasteiger partial charge in [-0.1, -0.05) is 20.3 Å². The molecular weight excluding hydrogens is 454 g/mol. The van der Waals surface area contributed by atoms with Crippen molar-refractivity contribution in [3.05, 3.63) is 0 Å². The summed E-state index contributed by atoms with van der Waals surface area (Å²) in [5, 5.41) is 34.9. The van der Waals surface area contributed by atoms with Crippen molar-refractivity contribution in [3.63, 3.8) is 0 Å². The summed E-state index contributed by atoms with van der Waals surface area (Å²) in [5.74, 6) is -6.47. The molecule has 194 valence electrons. The van der Waals surface area contributed by atoms with Crippen LogP contribution >= 0.6 is 0 Å². The summed E-state index contributed by atoms with van der Waals surface area (Å²) in [4.78, 5) is 71.0. The Morgan fingerprint density at radius 1 is 0.824 bits per heavy atom. The number of nitrogens with two attached hydrogens (primary N) is 2. The molecule has 0 spiro atoms. The van der Waals surface area contributed by atoms with Crippen molar-refractivity contribution in [2.75, 3.05) is 0 Å². The molecule has 0 saturated heterocycles. The molecule has 14 heteroatoms. The van der Waals surface area contributed by atoms with Crippen LogP contribution in [0.3, 0.4) is 0 Å². The molecule has 0 aromatic heterocycles. The number of hydrogen-bond donors (Lipinski definition) is 8. The van der Waals surface area contributed by atoms with Gasteiger partial charge in [0.25, 0.3) is 0 Å². The van der Waals surface area contributed by atoms with E-state index in [9.17, 15) is 39.0 Å². The molecule has 0 aromatic rings. The number of primary amides is 1. The monoisotopic (exact) mass is 489 g/mol. The molecule has 0 aliphatic carbocycles. The number of nitrogens with one attached hydrogen (secondary N) is 3. The van der Waals surface area contributed by atoms with Crippen LogP contribution in [0.1, 0.15) is 52.9 Å². The Morgan fingerprint density at radius 3 is 1.82 bits per heavy atom. The van der Waals surface area contributed by atoms with Gasteiger partial charge in [-0.25, -0.2) is 4.79 Å². The van der Waals surface area contributed by atoms with Gasteiger partial charge in [0.2, 0.25) is 23.6 Å². The van der Waals surface area contributed by atoms with Crippen molar-refractivity contribution in [2.24, 2.45) is 17.4 Å². The second-order valence-electron chi connectivity index (χ2n) is 8.04. The van der Waals surface area contributed by atoms with Crippen molar-refractivity contribution in [1.82, 2.24) is 16.0 Å². The maximum Gasteiger partial charge on any atom is 0.326 e. The summed E-state index contributed by atoms with van der Waals surface area (Å²) in [6.45, 7) is 4.54. The number of carbonyl (C=O) groups is 6. The molecule has 0 aliphatic heterocycles. The van der Waals surface area contributed by atoms with Gasteiger partial charge in [-0.15, -0.1) is 0 Å². The molecule has 0 radical (unpaired) electrons. The Labute approximate surface area is 196 Å². The predicted octanol–water partition coefficient (Wildman–Crippen LogP) is -2.59. The molecule has 6 atom stereocenters. The molecular formula is C20H35N5O9. The molecule has 6 unspecified atom stereocenters. The van der Waals surface area contributed by atoms with Gasteiger partial charge >= 0.3 is 11.9 Å². The SMILES string of the molecule is CCC(C)C(NC(=O)C(NC(=O)C(CCC(N)=O)NC(=O)C(N)CCC(=O)O)C(C)O)C(=O)O. The van der Waals surface area contributed by atoms with Crippen molar-refractivity contribution >= 4 is 35.6 Å². The summed E-state index contributed by atoms with van der Waals surface area (Å²) >= 11 is 0. The van der Waals surface area contributed by atoms with E-state index in [-0.39, 0.29) is 19.3 Å². The normalized spacial score (nSPS) is 16.1. The molecule has 34 heavy (non-hydrogen) atoms. The maximum absolute atomic E-state index is 12.8. The fourth-order valence-electron chi connectivity index (χ4n) is 2.83. The van der Waals surface area contributed by atoms with E-state index in [1.165, 1.54) is 6.92 Å². The molecule has 0 fully saturated rings. The van der Waals surface area contributed by atoms with Gasteiger partial charge < -0.3 is 42.7 Å². The zero-order valence-corrected chi connectivity index (χ0v) is 19.4. The van der Waals surface area contributed by atoms with Crippen LogP contribution in [0.15, 0.2) is 0 Å². The van der Waals surface area contributed by atoms with Crippen LogP contribution in [0, 0.1) is 5.92 Å². The number of amides is 4. The molecule has 0 aliphatic rings. The van der Waals surface area contributed by atoms with E-state index < -0.39 is 78.2 Å². The number of hydrogen-bond acceptors (Lipinski definition) is 8. The number of aliphatic hydroxyl groups excluding tert-OH is 1. The molecule has 0 rings (SSSR count). The van der Waals surface area contributed by atoms with Crippen molar-refractivity contribution < 1.29 is 44.1 Å². The molecule has 0 aromatic carbocycles. The summed E-state index contributed by atoms with van der Waals surface area (Å²) in [7, 11) is 0. The Balaban J connectivity index is 5.51.